The molecule has 1 saturated heterocycles. The van der Waals surface area contributed by atoms with Crippen LogP contribution in [0.5, 0.6) is 0 Å². The number of sulfone groups is 1. The van der Waals surface area contributed by atoms with Gasteiger partial charge in [0, 0.05) is 35.4 Å². The molecule has 138 valence electrons. The molecular weight excluding hydrogens is 370 g/mol. The van der Waals surface area contributed by atoms with Gasteiger partial charge in [0.15, 0.2) is 9.84 Å². The number of carbonyl (C=O) groups excluding carboxylic acids is 1. The van der Waals surface area contributed by atoms with Gasteiger partial charge in [-0.05, 0) is 54.1 Å². The molecule has 0 spiro atoms. The second-order valence-corrected chi connectivity index (χ2v) is 10.0. The summed E-state index contributed by atoms with van der Waals surface area (Å²) in [6.07, 6.45) is 1.55. The molecule has 1 aromatic heterocycles. The predicted molar refractivity (Wildman–Crippen MR) is 105 cm³/mol. The highest BCUT2D eigenvalue weighted by Crippen LogP contribution is 2.28. The predicted octanol–water partition coefficient (Wildman–Crippen LogP) is 2.62. The third-order valence-corrected chi connectivity index (χ3v) is 7.66. The SMILES string of the molecule is O=C(Nc1ccc(N2CCc3sccc3C2)cc1)NC1CCS(=O)(=O)C1. The maximum absolute atomic E-state index is 12.0. The van der Waals surface area contributed by atoms with Gasteiger partial charge in [-0.2, -0.15) is 0 Å². The van der Waals surface area contributed by atoms with Crippen molar-refractivity contribution in [3.63, 3.8) is 0 Å². The largest absolute Gasteiger partial charge is 0.367 e. The first-order valence-corrected chi connectivity index (χ1v) is 11.4. The Morgan fingerprint density at radius 1 is 1.19 bits per heavy atom. The summed E-state index contributed by atoms with van der Waals surface area (Å²) >= 11 is 1.83. The van der Waals surface area contributed by atoms with Crippen molar-refractivity contribution in [2.75, 3.05) is 28.3 Å². The summed E-state index contributed by atoms with van der Waals surface area (Å²) in [5.74, 6) is 0.174. The number of carbonyl (C=O) groups is 1. The first-order chi connectivity index (χ1) is 12.5. The molecule has 2 aliphatic rings. The minimum Gasteiger partial charge on any atom is -0.367 e. The highest BCUT2D eigenvalue weighted by atomic mass is 32.2. The number of rotatable bonds is 3. The second kappa shape index (κ2) is 6.92. The Morgan fingerprint density at radius 2 is 2.00 bits per heavy atom. The fraction of sp³-hybridized carbons (Fsp3) is 0.389. The molecule has 1 unspecified atom stereocenters. The van der Waals surface area contributed by atoms with E-state index in [1.165, 1.54) is 10.4 Å². The first kappa shape index (κ1) is 17.4. The molecular formula is C18H21N3O3S2. The van der Waals surface area contributed by atoms with Gasteiger partial charge in [-0.1, -0.05) is 0 Å². The van der Waals surface area contributed by atoms with E-state index >= 15 is 0 Å². The van der Waals surface area contributed by atoms with Gasteiger partial charge < -0.3 is 15.5 Å². The highest BCUT2D eigenvalue weighted by Gasteiger charge is 2.28. The Morgan fingerprint density at radius 3 is 2.73 bits per heavy atom. The van der Waals surface area contributed by atoms with Crippen molar-refractivity contribution >= 4 is 38.6 Å². The minimum absolute atomic E-state index is 0.0267. The number of thiophene rings is 1. The van der Waals surface area contributed by atoms with Crippen LogP contribution in [0, 0.1) is 0 Å². The lowest BCUT2D eigenvalue weighted by Crippen LogP contribution is -2.38. The second-order valence-electron chi connectivity index (χ2n) is 6.79. The van der Waals surface area contributed by atoms with Crippen LogP contribution < -0.4 is 15.5 Å². The van der Waals surface area contributed by atoms with Gasteiger partial charge in [0.1, 0.15) is 0 Å². The lowest BCUT2D eigenvalue weighted by atomic mass is 10.1. The van der Waals surface area contributed by atoms with Gasteiger partial charge in [0.25, 0.3) is 0 Å². The fourth-order valence-corrected chi connectivity index (χ4v) is 6.05. The summed E-state index contributed by atoms with van der Waals surface area (Å²) in [7, 11) is -3.00. The van der Waals surface area contributed by atoms with Gasteiger partial charge in [0.05, 0.1) is 11.5 Å². The topological polar surface area (TPSA) is 78.5 Å². The molecule has 0 saturated carbocycles. The van der Waals surface area contributed by atoms with E-state index in [4.69, 9.17) is 0 Å². The average molecular weight is 392 g/mol. The van der Waals surface area contributed by atoms with Crippen LogP contribution in [0.15, 0.2) is 35.7 Å². The van der Waals surface area contributed by atoms with Gasteiger partial charge in [-0.25, -0.2) is 13.2 Å². The number of benzene rings is 1. The molecule has 0 aliphatic carbocycles. The minimum atomic E-state index is -3.00. The summed E-state index contributed by atoms with van der Waals surface area (Å²) in [6, 6.07) is 9.30. The monoisotopic (exact) mass is 391 g/mol. The van der Waals surface area contributed by atoms with Crippen LogP contribution in [0.2, 0.25) is 0 Å². The summed E-state index contributed by atoms with van der Waals surface area (Å²) in [6.45, 7) is 1.92. The Bertz CT molecular complexity index is 906. The Labute approximate surface area is 157 Å². The van der Waals surface area contributed by atoms with Crippen molar-refractivity contribution in [1.82, 2.24) is 5.32 Å². The van der Waals surface area contributed by atoms with Crippen LogP contribution in [0.1, 0.15) is 16.9 Å². The summed E-state index contributed by atoms with van der Waals surface area (Å²) in [5.41, 5.74) is 3.23. The zero-order chi connectivity index (χ0) is 18.1. The fourth-order valence-electron chi connectivity index (χ4n) is 3.49. The molecule has 0 bridgehead atoms. The summed E-state index contributed by atoms with van der Waals surface area (Å²) < 4.78 is 22.9. The molecule has 2 amide bonds. The van der Waals surface area contributed by atoms with Gasteiger partial charge in [0.2, 0.25) is 0 Å². The quantitative estimate of drug-likeness (QED) is 0.843. The molecule has 0 radical (unpaired) electrons. The molecule has 3 heterocycles. The third kappa shape index (κ3) is 3.86. The standard InChI is InChI=1S/C18H21N3O3S2/c22-18(20-15-7-10-26(23,24)12-15)19-14-1-3-16(4-2-14)21-8-5-17-13(11-21)6-9-25-17/h1-4,6,9,15H,5,7-8,10-12H2,(H2,19,20,22). The molecule has 26 heavy (non-hydrogen) atoms. The van der Waals surface area contributed by atoms with E-state index < -0.39 is 9.84 Å². The smallest absolute Gasteiger partial charge is 0.319 e. The number of nitrogens with zero attached hydrogens (tertiary/aromatic N) is 1. The van der Waals surface area contributed by atoms with Gasteiger partial charge in [-0.3, -0.25) is 0 Å². The summed E-state index contributed by atoms with van der Waals surface area (Å²) in [5, 5.41) is 7.65. The molecule has 2 N–H and O–H groups in total. The van der Waals surface area contributed by atoms with E-state index in [0.29, 0.717) is 12.1 Å². The molecule has 2 aromatic rings. The average Bonchev–Trinajstić information content (AvgIpc) is 3.20. The molecule has 8 heteroatoms. The maximum Gasteiger partial charge on any atom is 0.319 e. The van der Waals surface area contributed by atoms with Crippen LogP contribution >= 0.6 is 11.3 Å². The molecule has 6 nitrogen and oxygen atoms in total. The van der Waals surface area contributed by atoms with Crippen LogP contribution in [0.3, 0.4) is 0 Å². The molecule has 1 atom stereocenters. The van der Waals surface area contributed by atoms with Gasteiger partial charge >= 0.3 is 6.03 Å². The van der Waals surface area contributed by atoms with Crippen molar-refractivity contribution in [3.05, 3.63) is 46.2 Å². The van der Waals surface area contributed by atoms with E-state index in [0.717, 1.165) is 25.2 Å². The highest BCUT2D eigenvalue weighted by molar-refractivity contribution is 7.91. The van der Waals surface area contributed by atoms with E-state index in [1.807, 2.05) is 35.6 Å². The maximum atomic E-state index is 12.0. The number of hydrogen-bond acceptors (Lipinski definition) is 5. The number of anilines is 2. The normalized spacial score (nSPS) is 21.2. The Hall–Kier alpha value is -2.06. The lowest BCUT2D eigenvalue weighted by Gasteiger charge is -2.29. The van der Waals surface area contributed by atoms with E-state index in [-0.39, 0.29) is 23.6 Å². The third-order valence-electron chi connectivity index (χ3n) is 4.87. The zero-order valence-electron chi connectivity index (χ0n) is 14.3. The molecule has 1 aromatic carbocycles. The van der Waals surface area contributed by atoms with Crippen molar-refractivity contribution in [2.45, 2.75) is 25.4 Å². The van der Waals surface area contributed by atoms with E-state index in [9.17, 15) is 13.2 Å². The summed E-state index contributed by atoms with van der Waals surface area (Å²) in [4.78, 5) is 15.9. The molecule has 1 fully saturated rings. The number of urea groups is 1. The first-order valence-electron chi connectivity index (χ1n) is 8.67. The van der Waals surface area contributed by atoms with E-state index in [1.54, 1.807) is 0 Å². The van der Waals surface area contributed by atoms with Crippen molar-refractivity contribution in [1.29, 1.82) is 0 Å². The van der Waals surface area contributed by atoms with Crippen molar-refractivity contribution in [3.8, 4) is 0 Å². The number of hydrogen-bond donors (Lipinski definition) is 2. The van der Waals surface area contributed by atoms with Crippen molar-refractivity contribution < 1.29 is 13.2 Å². The number of amides is 2. The van der Waals surface area contributed by atoms with Crippen LogP contribution in [0.4, 0.5) is 16.2 Å². The van der Waals surface area contributed by atoms with Crippen LogP contribution in [-0.2, 0) is 22.8 Å². The van der Waals surface area contributed by atoms with Crippen LogP contribution in [0.25, 0.3) is 0 Å². The Balaban J connectivity index is 1.34. The van der Waals surface area contributed by atoms with E-state index in [2.05, 4.69) is 27.0 Å². The molecule has 2 aliphatic heterocycles. The number of nitrogens with one attached hydrogen (secondary N) is 2. The number of fused-ring (bicyclic) bond motifs is 1. The van der Waals surface area contributed by atoms with Crippen molar-refractivity contribution in [2.24, 2.45) is 0 Å². The zero-order valence-corrected chi connectivity index (χ0v) is 15.9. The van der Waals surface area contributed by atoms with Crippen LogP contribution in [-0.4, -0.2) is 38.5 Å². The van der Waals surface area contributed by atoms with Gasteiger partial charge in [-0.15, -0.1) is 11.3 Å². The Kier molecular flexibility index (Phi) is 4.62. The lowest BCUT2D eigenvalue weighted by molar-refractivity contribution is 0.249. The molecule has 4 rings (SSSR count).